The van der Waals surface area contributed by atoms with Crippen LogP contribution in [0.4, 0.5) is 0 Å². The van der Waals surface area contributed by atoms with Gasteiger partial charge in [0, 0.05) is 12.3 Å². The summed E-state index contributed by atoms with van der Waals surface area (Å²) in [7, 11) is 0. The van der Waals surface area contributed by atoms with Crippen LogP contribution in [0.1, 0.15) is 38.3 Å². The van der Waals surface area contributed by atoms with E-state index in [0.29, 0.717) is 13.0 Å². The summed E-state index contributed by atoms with van der Waals surface area (Å²) in [5.41, 5.74) is 0.780. The molecule has 0 saturated carbocycles. The number of ether oxygens (including phenoxy) is 1. The number of hydrogen-bond acceptors (Lipinski definition) is 3. The van der Waals surface area contributed by atoms with Gasteiger partial charge in [0.15, 0.2) is 0 Å². The minimum absolute atomic E-state index is 0.170. The van der Waals surface area contributed by atoms with E-state index in [4.69, 9.17) is 4.74 Å². The molecule has 1 heterocycles. The molecule has 4 nitrogen and oxygen atoms in total. The molecule has 1 unspecified atom stereocenters. The van der Waals surface area contributed by atoms with Crippen molar-refractivity contribution < 1.29 is 9.53 Å². The van der Waals surface area contributed by atoms with Gasteiger partial charge in [-0.15, -0.1) is 0 Å². The highest BCUT2D eigenvalue weighted by Crippen LogP contribution is 2.12. The highest BCUT2D eigenvalue weighted by molar-refractivity contribution is 5.74. The zero-order valence-electron chi connectivity index (χ0n) is 10.6. The molecule has 0 N–H and O–H groups in total. The van der Waals surface area contributed by atoms with Crippen LogP contribution < -0.4 is 5.56 Å². The zero-order chi connectivity index (χ0) is 12.8. The standard InChI is InChI=1S/C13H19NO3/c1-4-8-17-13(16)11(5-2)14-9-10(3)6-7-12(14)15/h6-7,9,11H,4-5,8H2,1-3H3. The molecule has 0 spiro atoms. The average Bonchev–Trinajstić information content (AvgIpc) is 2.32. The summed E-state index contributed by atoms with van der Waals surface area (Å²) in [4.78, 5) is 23.5. The Kier molecular flexibility index (Phi) is 4.94. The van der Waals surface area contributed by atoms with Crippen molar-refractivity contribution in [2.24, 2.45) is 0 Å². The molecule has 1 atom stereocenters. The minimum Gasteiger partial charge on any atom is -0.464 e. The molecule has 94 valence electrons. The fourth-order valence-corrected chi connectivity index (χ4v) is 1.63. The summed E-state index contributed by atoms with van der Waals surface area (Å²) < 4.78 is 6.55. The lowest BCUT2D eigenvalue weighted by Crippen LogP contribution is -2.30. The van der Waals surface area contributed by atoms with Crippen molar-refractivity contribution in [1.29, 1.82) is 0 Å². The van der Waals surface area contributed by atoms with Gasteiger partial charge in [-0.1, -0.05) is 19.9 Å². The van der Waals surface area contributed by atoms with Crippen LogP contribution in [-0.4, -0.2) is 17.1 Å². The van der Waals surface area contributed by atoms with Gasteiger partial charge in [0.2, 0.25) is 0 Å². The molecule has 0 aliphatic rings. The molecule has 1 aromatic rings. The van der Waals surface area contributed by atoms with Crippen LogP contribution in [0.25, 0.3) is 0 Å². The minimum atomic E-state index is -0.519. The van der Waals surface area contributed by atoms with Gasteiger partial charge < -0.3 is 9.30 Å². The van der Waals surface area contributed by atoms with Gasteiger partial charge >= 0.3 is 5.97 Å². The van der Waals surface area contributed by atoms with Crippen LogP contribution in [0.15, 0.2) is 23.1 Å². The Labute approximate surface area is 101 Å². The third kappa shape index (κ3) is 3.44. The summed E-state index contributed by atoms with van der Waals surface area (Å²) >= 11 is 0. The van der Waals surface area contributed by atoms with Gasteiger partial charge in [-0.3, -0.25) is 4.79 Å². The van der Waals surface area contributed by atoms with E-state index in [0.717, 1.165) is 12.0 Å². The number of aromatic nitrogens is 1. The summed E-state index contributed by atoms with van der Waals surface area (Å²) in [5, 5.41) is 0. The van der Waals surface area contributed by atoms with Crippen molar-refractivity contribution in [1.82, 2.24) is 4.57 Å². The van der Waals surface area contributed by atoms with Crippen molar-refractivity contribution in [2.45, 2.75) is 39.7 Å². The Morgan fingerprint density at radius 1 is 1.41 bits per heavy atom. The first-order valence-corrected chi connectivity index (χ1v) is 5.95. The Hall–Kier alpha value is -1.58. The molecule has 0 saturated heterocycles. The first-order valence-electron chi connectivity index (χ1n) is 5.95. The molecular weight excluding hydrogens is 218 g/mol. The third-order valence-corrected chi connectivity index (χ3v) is 2.53. The number of carbonyl (C=O) groups excluding carboxylic acids is 1. The maximum absolute atomic E-state index is 11.8. The van der Waals surface area contributed by atoms with E-state index < -0.39 is 6.04 Å². The maximum atomic E-state index is 11.8. The molecule has 0 bridgehead atoms. The number of esters is 1. The summed E-state index contributed by atoms with van der Waals surface area (Å²) in [5.74, 6) is -0.331. The third-order valence-electron chi connectivity index (χ3n) is 2.53. The Balaban J connectivity index is 2.97. The van der Waals surface area contributed by atoms with E-state index >= 15 is 0 Å². The number of pyridine rings is 1. The van der Waals surface area contributed by atoms with E-state index in [1.165, 1.54) is 10.6 Å². The second-order valence-corrected chi connectivity index (χ2v) is 4.04. The molecule has 4 heteroatoms. The van der Waals surface area contributed by atoms with E-state index in [1.54, 1.807) is 12.3 Å². The lowest BCUT2D eigenvalue weighted by molar-refractivity contribution is -0.147. The molecule has 17 heavy (non-hydrogen) atoms. The van der Waals surface area contributed by atoms with Crippen LogP contribution in [-0.2, 0) is 9.53 Å². The molecule has 0 radical (unpaired) electrons. The lowest BCUT2D eigenvalue weighted by Gasteiger charge is -2.17. The van der Waals surface area contributed by atoms with Gasteiger partial charge in [0.25, 0.3) is 5.56 Å². The Morgan fingerprint density at radius 3 is 2.71 bits per heavy atom. The van der Waals surface area contributed by atoms with E-state index in [-0.39, 0.29) is 11.5 Å². The number of nitrogens with zero attached hydrogens (tertiary/aromatic N) is 1. The van der Waals surface area contributed by atoms with Crippen molar-refractivity contribution >= 4 is 5.97 Å². The predicted molar refractivity (Wildman–Crippen MR) is 66.0 cm³/mol. The van der Waals surface area contributed by atoms with Crippen LogP contribution >= 0.6 is 0 Å². The fourth-order valence-electron chi connectivity index (χ4n) is 1.63. The van der Waals surface area contributed by atoms with Gasteiger partial charge in [-0.05, 0) is 25.3 Å². The van der Waals surface area contributed by atoms with Crippen molar-refractivity contribution in [3.63, 3.8) is 0 Å². The molecule has 0 fully saturated rings. The molecule has 1 aromatic heterocycles. The van der Waals surface area contributed by atoms with Crippen molar-refractivity contribution in [3.8, 4) is 0 Å². The van der Waals surface area contributed by atoms with Crippen LogP contribution in [0, 0.1) is 6.92 Å². The number of hydrogen-bond donors (Lipinski definition) is 0. The van der Waals surface area contributed by atoms with Crippen LogP contribution in [0.5, 0.6) is 0 Å². The fraction of sp³-hybridized carbons (Fsp3) is 0.538. The summed E-state index contributed by atoms with van der Waals surface area (Å²) in [6, 6.07) is 2.70. The molecule has 1 rings (SSSR count). The van der Waals surface area contributed by atoms with Crippen LogP contribution in [0.3, 0.4) is 0 Å². The monoisotopic (exact) mass is 237 g/mol. The van der Waals surface area contributed by atoms with Gasteiger partial charge in [-0.25, -0.2) is 4.79 Å². The van der Waals surface area contributed by atoms with Gasteiger partial charge in [-0.2, -0.15) is 0 Å². The topological polar surface area (TPSA) is 48.3 Å². The maximum Gasteiger partial charge on any atom is 0.329 e. The highest BCUT2D eigenvalue weighted by Gasteiger charge is 2.20. The van der Waals surface area contributed by atoms with Crippen molar-refractivity contribution in [2.75, 3.05) is 6.61 Å². The zero-order valence-corrected chi connectivity index (χ0v) is 10.6. The smallest absolute Gasteiger partial charge is 0.329 e. The van der Waals surface area contributed by atoms with E-state index in [2.05, 4.69) is 0 Å². The van der Waals surface area contributed by atoms with E-state index in [1.807, 2.05) is 20.8 Å². The second-order valence-electron chi connectivity index (χ2n) is 4.04. The van der Waals surface area contributed by atoms with Crippen molar-refractivity contribution in [3.05, 3.63) is 34.2 Å². The number of aryl methyl sites for hydroxylation is 1. The molecule has 0 aliphatic carbocycles. The quantitative estimate of drug-likeness (QED) is 0.736. The predicted octanol–water partition coefficient (Wildman–Crippen LogP) is 2.06. The highest BCUT2D eigenvalue weighted by atomic mass is 16.5. The Bertz CT molecular complexity index is 437. The summed E-state index contributed by atoms with van der Waals surface area (Å²) in [6.45, 7) is 6.09. The first-order chi connectivity index (χ1) is 8.10. The van der Waals surface area contributed by atoms with Gasteiger partial charge in [0.1, 0.15) is 6.04 Å². The number of carbonyl (C=O) groups is 1. The largest absolute Gasteiger partial charge is 0.464 e. The first kappa shape index (κ1) is 13.5. The lowest BCUT2D eigenvalue weighted by atomic mass is 10.2. The number of rotatable bonds is 5. The van der Waals surface area contributed by atoms with E-state index in [9.17, 15) is 9.59 Å². The average molecular weight is 237 g/mol. The molecule has 0 aromatic carbocycles. The molecular formula is C13H19NO3. The van der Waals surface area contributed by atoms with Crippen LogP contribution in [0.2, 0.25) is 0 Å². The normalized spacial score (nSPS) is 12.2. The van der Waals surface area contributed by atoms with Gasteiger partial charge in [0.05, 0.1) is 6.61 Å². The Morgan fingerprint density at radius 2 is 2.12 bits per heavy atom. The SMILES string of the molecule is CCCOC(=O)C(CC)n1cc(C)ccc1=O. The molecule has 0 amide bonds. The summed E-state index contributed by atoms with van der Waals surface area (Å²) in [6.07, 6.45) is 3.03. The molecule has 0 aliphatic heterocycles. The second kappa shape index (κ2) is 6.23.